The zero-order chi connectivity index (χ0) is 22.3. The number of aromatic nitrogens is 6. The second-order valence-corrected chi connectivity index (χ2v) is 7.08. The van der Waals surface area contributed by atoms with E-state index in [1.54, 1.807) is 0 Å². The summed E-state index contributed by atoms with van der Waals surface area (Å²) in [7, 11) is 0. The molecule has 2 amide bonds. The number of carbonyl (C=O) groups excluding carboxylic acids is 2. The molecule has 2 aromatic heterocycles. The lowest BCUT2D eigenvalue weighted by Gasteiger charge is -2.08. The number of carbonyl (C=O) groups is 2. The maximum atomic E-state index is 12.5. The molecule has 0 saturated carbocycles. The summed E-state index contributed by atoms with van der Waals surface area (Å²) in [6.45, 7) is 2.65. The van der Waals surface area contributed by atoms with Crippen molar-refractivity contribution in [3.8, 4) is 11.4 Å². The Labute approximate surface area is 183 Å². The van der Waals surface area contributed by atoms with Crippen LogP contribution in [-0.2, 0) is 13.1 Å². The number of aromatic amines is 1. The molecular weight excluding hydrogens is 408 g/mol. The molecule has 4 rings (SSSR count). The van der Waals surface area contributed by atoms with E-state index in [-0.39, 0.29) is 17.3 Å². The number of rotatable bonds is 7. The van der Waals surface area contributed by atoms with Crippen LogP contribution >= 0.6 is 0 Å². The zero-order valence-electron chi connectivity index (χ0n) is 17.2. The normalized spacial score (nSPS) is 10.5. The van der Waals surface area contributed by atoms with Crippen LogP contribution < -0.4 is 10.6 Å². The van der Waals surface area contributed by atoms with E-state index < -0.39 is 5.91 Å². The van der Waals surface area contributed by atoms with Crippen LogP contribution in [0.5, 0.6) is 0 Å². The average molecular weight is 428 g/mol. The van der Waals surface area contributed by atoms with E-state index >= 15 is 0 Å². The lowest BCUT2D eigenvalue weighted by molar-refractivity contribution is 0.0944. The first-order valence-corrected chi connectivity index (χ1v) is 9.85. The molecule has 10 nitrogen and oxygen atoms in total. The van der Waals surface area contributed by atoms with Crippen molar-refractivity contribution >= 4 is 11.8 Å². The van der Waals surface area contributed by atoms with Gasteiger partial charge in [-0.1, -0.05) is 54.1 Å². The Morgan fingerprint density at radius 2 is 1.56 bits per heavy atom. The molecular formula is C22H20N8O2. The van der Waals surface area contributed by atoms with Crippen molar-refractivity contribution in [2.45, 2.75) is 20.0 Å². The molecule has 2 heterocycles. The van der Waals surface area contributed by atoms with Crippen LogP contribution in [0.15, 0.2) is 60.9 Å². The summed E-state index contributed by atoms with van der Waals surface area (Å²) in [5.74, 6) is -0.280. The van der Waals surface area contributed by atoms with E-state index in [1.807, 2.05) is 55.5 Å². The van der Waals surface area contributed by atoms with Gasteiger partial charge < -0.3 is 10.6 Å². The van der Waals surface area contributed by atoms with Crippen molar-refractivity contribution < 1.29 is 9.59 Å². The van der Waals surface area contributed by atoms with Crippen LogP contribution in [0.3, 0.4) is 0 Å². The number of tetrazole rings is 1. The summed E-state index contributed by atoms with van der Waals surface area (Å²) in [6, 6.07) is 16.6. The summed E-state index contributed by atoms with van der Waals surface area (Å²) in [5, 5.41) is 19.4. The van der Waals surface area contributed by atoms with Gasteiger partial charge in [0.05, 0.1) is 0 Å². The molecule has 2 aromatic carbocycles. The second kappa shape index (κ2) is 9.56. The molecule has 0 atom stereocenters. The van der Waals surface area contributed by atoms with Gasteiger partial charge in [-0.15, -0.1) is 10.2 Å². The van der Waals surface area contributed by atoms with Crippen molar-refractivity contribution in [3.05, 3.63) is 89.0 Å². The van der Waals surface area contributed by atoms with Gasteiger partial charge in [-0.3, -0.25) is 9.59 Å². The van der Waals surface area contributed by atoms with Crippen molar-refractivity contribution in [3.63, 3.8) is 0 Å². The average Bonchev–Trinajstić information content (AvgIpc) is 3.36. The van der Waals surface area contributed by atoms with E-state index in [2.05, 4.69) is 41.2 Å². The van der Waals surface area contributed by atoms with Crippen LogP contribution in [0.25, 0.3) is 11.4 Å². The van der Waals surface area contributed by atoms with Gasteiger partial charge in [0.25, 0.3) is 11.8 Å². The Hall–Kier alpha value is -4.47. The van der Waals surface area contributed by atoms with Gasteiger partial charge in [0.1, 0.15) is 17.7 Å². The Morgan fingerprint density at radius 3 is 2.19 bits per heavy atom. The molecule has 0 fully saturated rings. The number of H-pyrrole nitrogens is 1. The molecule has 160 valence electrons. The molecule has 0 aliphatic carbocycles. The molecule has 0 radical (unpaired) electrons. The smallest absolute Gasteiger partial charge is 0.270 e. The Balaban J connectivity index is 1.34. The molecule has 0 aliphatic heterocycles. The quantitative estimate of drug-likeness (QED) is 0.408. The molecule has 0 spiro atoms. The molecule has 4 aromatic rings. The van der Waals surface area contributed by atoms with E-state index in [0.717, 1.165) is 22.3 Å². The summed E-state index contributed by atoms with van der Waals surface area (Å²) >= 11 is 0. The van der Waals surface area contributed by atoms with Crippen LogP contribution in [0.1, 0.15) is 37.7 Å². The lowest BCUT2D eigenvalue weighted by Crippen LogP contribution is -2.27. The van der Waals surface area contributed by atoms with Gasteiger partial charge in [-0.25, -0.2) is 9.97 Å². The van der Waals surface area contributed by atoms with Crippen molar-refractivity contribution in [2.75, 3.05) is 0 Å². The number of aryl methyl sites for hydroxylation is 1. The zero-order valence-corrected chi connectivity index (χ0v) is 17.2. The standard InChI is InChI=1S/C22H20N8O2/c1-14-3-2-4-16(9-14)12-24-22(32)19-10-18(25-13-26-19)21(31)23-11-15-5-7-17(8-6-15)20-27-29-30-28-20/h2-10,13H,11-12H2,1H3,(H,23,31)(H,24,32)(H,27,28,29,30). The third-order valence-electron chi connectivity index (χ3n) is 4.68. The van der Waals surface area contributed by atoms with E-state index in [4.69, 9.17) is 0 Å². The van der Waals surface area contributed by atoms with Gasteiger partial charge in [-0.05, 0) is 23.3 Å². The van der Waals surface area contributed by atoms with Crippen LogP contribution in [0.2, 0.25) is 0 Å². The van der Waals surface area contributed by atoms with Crippen molar-refractivity contribution in [1.29, 1.82) is 0 Å². The molecule has 0 aliphatic rings. The minimum Gasteiger partial charge on any atom is -0.347 e. The van der Waals surface area contributed by atoms with E-state index in [0.29, 0.717) is 18.9 Å². The third kappa shape index (κ3) is 5.17. The van der Waals surface area contributed by atoms with Gasteiger partial charge in [0.2, 0.25) is 5.82 Å². The molecule has 0 unspecified atom stereocenters. The summed E-state index contributed by atoms with van der Waals surface area (Å²) in [4.78, 5) is 32.9. The number of nitrogens with zero attached hydrogens (tertiary/aromatic N) is 5. The van der Waals surface area contributed by atoms with Crippen LogP contribution in [0.4, 0.5) is 0 Å². The molecule has 32 heavy (non-hydrogen) atoms. The molecule has 3 N–H and O–H groups in total. The first kappa shape index (κ1) is 20.8. The Kier molecular flexibility index (Phi) is 6.21. The maximum Gasteiger partial charge on any atom is 0.270 e. The minimum absolute atomic E-state index is 0.115. The predicted octanol–water partition coefficient (Wildman–Crippen LogP) is 1.83. The third-order valence-corrected chi connectivity index (χ3v) is 4.68. The van der Waals surface area contributed by atoms with Crippen molar-refractivity contribution in [1.82, 2.24) is 41.2 Å². The van der Waals surface area contributed by atoms with E-state index in [9.17, 15) is 9.59 Å². The summed E-state index contributed by atoms with van der Waals surface area (Å²) < 4.78 is 0. The van der Waals surface area contributed by atoms with E-state index in [1.165, 1.54) is 12.4 Å². The first-order valence-electron chi connectivity index (χ1n) is 9.85. The van der Waals surface area contributed by atoms with Gasteiger partial charge in [0.15, 0.2) is 0 Å². The number of hydrogen-bond acceptors (Lipinski definition) is 7. The SMILES string of the molecule is Cc1cccc(CNC(=O)c2cc(C(=O)NCc3ccc(-c4nn[nH]n4)cc3)ncn2)c1. The fraction of sp³-hybridized carbons (Fsp3) is 0.136. The molecule has 10 heteroatoms. The van der Waals surface area contributed by atoms with Crippen LogP contribution in [0, 0.1) is 6.92 Å². The fourth-order valence-corrected chi connectivity index (χ4v) is 3.03. The number of amides is 2. The second-order valence-electron chi connectivity index (χ2n) is 7.08. The highest BCUT2D eigenvalue weighted by molar-refractivity contribution is 5.97. The van der Waals surface area contributed by atoms with Gasteiger partial charge in [-0.2, -0.15) is 5.21 Å². The highest BCUT2D eigenvalue weighted by atomic mass is 16.2. The van der Waals surface area contributed by atoms with Crippen molar-refractivity contribution in [2.24, 2.45) is 0 Å². The lowest BCUT2D eigenvalue weighted by atomic mass is 10.1. The number of nitrogens with one attached hydrogen (secondary N) is 3. The summed E-state index contributed by atoms with van der Waals surface area (Å²) in [5.41, 5.74) is 4.03. The largest absolute Gasteiger partial charge is 0.347 e. The minimum atomic E-state index is -0.401. The maximum absolute atomic E-state index is 12.5. The van der Waals surface area contributed by atoms with Crippen LogP contribution in [-0.4, -0.2) is 42.4 Å². The van der Waals surface area contributed by atoms with Gasteiger partial charge >= 0.3 is 0 Å². The fourth-order valence-electron chi connectivity index (χ4n) is 3.03. The monoisotopic (exact) mass is 428 g/mol. The molecule has 0 bridgehead atoms. The topological polar surface area (TPSA) is 138 Å². The van der Waals surface area contributed by atoms with Gasteiger partial charge in [0, 0.05) is 24.7 Å². The predicted molar refractivity (Wildman–Crippen MR) is 115 cm³/mol. The highest BCUT2D eigenvalue weighted by Gasteiger charge is 2.13. The molecule has 0 saturated heterocycles. The Bertz CT molecular complexity index is 1220. The first-order chi connectivity index (χ1) is 15.6. The number of benzene rings is 2. The highest BCUT2D eigenvalue weighted by Crippen LogP contribution is 2.14. The Morgan fingerprint density at radius 1 is 0.875 bits per heavy atom. The summed E-state index contributed by atoms with van der Waals surface area (Å²) in [6.07, 6.45) is 1.20. The number of hydrogen-bond donors (Lipinski definition) is 3.